The molecule has 1 heterocycles. The summed E-state index contributed by atoms with van der Waals surface area (Å²) in [5.74, 6) is -0.0982. The van der Waals surface area contributed by atoms with Crippen molar-refractivity contribution in [3.05, 3.63) is 30.1 Å². The fraction of sp³-hybridized carbons (Fsp3) is 0.250. The van der Waals surface area contributed by atoms with Gasteiger partial charge in [0.1, 0.15) is 0 Å². The van der Waals surface area contributed by atoms with Gasteiger partial charge in [-0.15, -0.1) is 0 Å². The van der Waals surface area contributed by atoms with E-state index in [1.807, 2.05) is 12.1 Å². The van der Waals surface area contributed by atoms with Crippen LogP contribution in [-0.4, -0.2) is 10.9 Å². The van der Waals surface area contributed by atoms with Gasteiger partial charge in [-0.1, -0.05) is 6.07 Å². The van der Waals surface area contributed by atoms with E-state index < -0.39 is 0 Å². The SMILES string of the molecule is CC(=O)NNCc1cccnc1. The molecule has 0 atom stereocenters. The molecule has 12 heavy (non-hydrogen) atoms. The maximum absolute atomic E-state index is 10.4. The van der Waals surface area contributed by atoms with Crippen LogP contribution in [0.4, 0.5) is 0 Å². The minimum absolute atomic E-state index is 0.0982. The van der Waals surface area contributed by atoms with Gasteiger partial charge in [0, 0.05) is 25.9 Å². The Morgan fingerprint density at radius 3 is 3.08 bits per heavy atom. The molecule has 0 bridgehead atoms. The number of carbonyl (C=O) groups is 1. The molecule has 4 heteroatoms. The lowest BCUT2D eigenvalue weighted by Crippen LogP contribution is -2.34. The second kappa shape index (κ2) is 4.46. The van der Waals surface area contributed by atoms with Crippen LogP contribution in [0.3, 0.4) is 0 Å². The van der Waals surface area contributed by atoms with Gasteiger partial charge in [0.15, 0.2) is 0 Å². The van der Waals surface area contributed by atoms with Crippen molar-refractivity contribution >= 4 is 5.91 Å². The van der Waals surface area contributed by atoms with E-state index in [4.69, 9.17) is 0 Å². The largest absolute Gasteiger partial charge is 0.292 e. The molecule has 0 aliphatic rings. The molecule has 0 unspecified atom stereocenters. The van der Waals surface area contributed by atoms with Crippen LogP contribution in [-0.2, 0) is 11.3 Å². The summed E-state index contributed by atoms with van der Waals surface area (Å²) in [6, 6.07) is 3.78. The lowest BCUT2D eigenvalue weighted by atomic mass is 10.3. The molecule has 0 saturated heterocycles. The molecule has 0 radical (unpaired) electrons. The summed E-state index contributed by atoms with van der Waals surface area (Å²) in [7, 11) is 0. The first-order valence-electron chi connectivity index (χ1n) is 3.67. The van der Waals surface area contributed by atoms with Gasteiger partial charge in [-0.3, -0.25) is 15.2 Å². The predicted octanol–water partition coefficient (Wildman–Crippen LogP) is 0.222. The molecular weight excluding hydrogens is 154 g/mol. The van der Waals surface area contributed by atoms with E-state index >= 15 is 0 Å². The number of aromatic nitrogens is 1. The van der Waals surface area contributed by atoms with E-state index in [0.29, 0.717) is 6.54 Å². The number of hydrogen-bond donors (Lipinski definition) is 2. The minimum Gasteiger partial charge on any atom is -0.292 e. The number of rotatable bonds is 3. The smallest absolute Gasteiger partial charge is 0.230 e. The van der Waals surface area contributed by atoms with Gasteiger partial charge in [0.25, 0.3) is 0 Å². The van der Waals surface area contributed by atoms with Gasteiger partial charge in [-0.05, 0) is 11.6 Å². The Bertz CT molecular complexity index is 248. The summed E-state index contributed by atoms with van der Waals surface area (Å²) in [6.07, 6.45) is 3.46. The number of amides is 1. The molecule has 1 rings (SSSR count). The highest BCUT2D eigenvalue weighted by molar-refractivity contribution is 5.72. The van der Waals surface area contributed by atoms with Crippen molar-refractivity contribution in [2.24, 2.45) is 0 Å². The summed E-state index contributed by atoms with van der Waals surface area (Å²) >= 11 is 0. The van der Waals surface area contributed by atoms with Crippen LogP contribution in [0.1, 0.15) is 12.5 Å². The topological polar surface area (TPSA) is 54.0 Å². The molecule has 0 saturated carbocycles. The van der Waals surface area contributed by atoms with Crippen LogP contribution in [0.2, 0.25) is 0 Å². The fourth-order valence-electron chi connectivity index (χ4n) is 0.773. The average Bonchev–Trinajstić information content (AvgIpc) is 2.05. The van der Waals surface area contributed by atoms with Gasteiger partial charge < -0.3 is 0 Å². The van der Waals surface area contributed by atoms with E-state index in [1.54, 1.807) is 12.4 Å². The summed E-state index contributed by atoms with van der Waals surface area (Å²) in [5, 5.41) is 0. The van der Waals surface area contributed by atoms with Gasteiger partial charge in [-0.2, -0.15) is 0 Å². The van der Waals surface area contributed by atoms with Crippen LogP contribution < -0.4 is 10.9 Å². The number of hydrogen-bond acceptors (Lipinski definition) is 3. The predicted molar refractivity (Wildman–Crippen MR) is 44.9 cm³/mol. The first kappa shape index (κ1) is 8.67. The second-order valence-electron chi connectivity index (χ2n) is 2.40. The number of hydrazine groups is 1. The van der Waals surface area contributed by atoms with Gasteiger partial charge >= 0.3 is 0 Å². The van der Waals surface area contributed by atoms with Gasteiger partial charge in [-0.25, -0.2) is 5.43 Å². The second-order valence-corrected chi connectivity index (χ2v) is 2.40. The first-order chi connectivity index (χ1) is 5.79. The van der Waals surface area contributed by atoms with E-state index in [2.05, 4.69) is 15.8 Å². The van der Waals surface area contributed by atoms with Crippen molar-refractivity contribution in [2.45, 2.75) is 13.5 Å². The quantitative estimate of drug-likeness (QED) is 0.630. The third-order valence-electron chi connectivity index (χ3n) is 1.28. The number of carbonyl (C=O) groups excluding carboxylic acids is 1. The zero-order valence-electron chi connectivity index (χ0n) is 6.87. The lowest BCUT2D eigenvalue weighted by molar-refractivity contribution is -0.119. The summed E-state index contributed by atoms with van der Waals surface area (Å²) in [6.45, 7) is 2.05. The number of pyridine rings is 1. The van der Waals surface area contributed by atoms with Crippen molar-refractivity contribution in [2.75, 3.05) is 0 Å². The molecule has 1 aromatic heterocycles. The molecule has 1 aromatic rings. The van der Waals surface area contributed by atoms with Crippen molar-refractivity contribution in [3.63, 3.8) is 0 Å². The Hall–Kier alpha value is -1.42. The van der Waals surface area contributed by atoms with Crippen LogP contribution >= 0.6 is 0 Å². The third kappa shape index (κ3) is 3.12. The third-order valence-corrected chi connectivity index (χ3v) is 1.28. The Morgan fingerprint density at radius 1 is 1.67 bits per heavy atom. The summed E-state index contributed by atoms with van der Waals surface area (Å²) in [4.78, 5) is 14.4. The molecule has 0 aromatic carbocycles. The first-order valence-corrected chi connectivity index (χ1v) is 3.67. The maximum atomic E-state index is 10.4. The van der Waals surface area contributed by atoms with Gasteiger partial charge in [0.2, 0.25) is 5.91 Å². The van der Waals surface area contributed by atoms with E-state index in [1.165, 1.54) is 6.92 Å². The Balaban J connectivity index is 2.29. The molecule has 4 nitrogen and oxygen atoms in total. The van der Waals surface area contributed by atoms with Crippen molar-refractivity contribution < 1.29 is 4.79 Å². The Kier molecular flexibility index (Phi) is 3.22. The van der Waals surface area contributed by atoms with Crippen molar-refractivity contribution in [3.8, 4) is 0 Å². The number of nitrogens with one attached hydrogen (secondary N) is 2. The number of nitrogens with zero attached hydrogens (tertiary/aromatic N) is 1. The normalized spacial score (nSPS) is 9.42. The molecule has 1 amide bonds. The Labute approximate surface area is 71.0 Å². The molecule has 64 valence electrons. The zero-order chi connectivity index (χ0) is 8.81. The summed E-state index contributed by atoms with van der Waals surface area (Å²) < 4.78 is 0. The summed E-state index contributed by atoms with van der Waals surface area (Å²) in [5.41, 5.74) is 6.27. The maximum Gasteiger partial charge on any atom is 0.230 e. The van der Waals surface area contributed by atoms with Crippen LogP contribution in [0.25, 0.3) is 0 Å². The highest BCUT2D eigenvalue weighted by Crippen LogP contribution is 1.92. The van der Waals surface area contributed by atoms with E-state index in [0.717, 1.165) is 5.56 Å². The zero-order valence-corrected chi connectivity index (χ0v) is 6.87. The highest BCUT2D eigenvalue weighted by atomic mass is 16.2. The molecule has 0 aliphatic heterocycles. The Morgan fingerprint density at radius 2 is 2.50 bits per heavy atom. The van der Waals surface area contributed by atoms with Crippen LogP contribution in [0.15, 0.2) is 24.5 Å². The average molecular weight is 165 g/mol. The molecule has 2 N–H and O–H groups in total. The minimum atomic E-state index is -0.0982. The molecule has 0 spiro atoms. The van der Waals surface area contributed by atoms with E-state index in [-0.39, 0.29) is 5.91 Å². The van der Waals surface area contributed by atoms with Crippen LogP contribution in [0.5, 0.6) is 0 Å². The standard InChI is InChI=1S/C8H11N3O/c1-7(12)11-10-6-8-3-2-4-9-5-8/h2-5,10H,6H2,1H3,(H,11,12). The van der Waals surface area contributed by atoms with Gasteiger partial charge in [0.05, 0.1) is 0 Å². The van der Waals surface area contributed by atoms with Crippen molar-refractivity contribution in [1.82, 2.24) is 15.8 Å². The highest BCUT2D eigenvalue weighted by Gasteiger charge is 1.91. The lowest BCUT2D eigenvalue weighted by Gasteiger charge is -2.03. The van der Waals surface area contributed by atoms with Crippen molar-refractivity contribution in [1.29, 1.82) is 0 Å². The fourth-order valence-corrected chi connectivity index (χ4v) is 0.773. The molecule has 0 fully saturated rings. The molecule has 0 aliphatic carbocycles. The van der Waals surface area contributed by atoms with Crippen LogP contribution in [0, 0.1) is 0 Å². The molecular formula is C8H11N3O. The van der Waals surface area contributed by atoms with E-state index in [9.17, 15) is 4.79 Å². The monoisotopic (exact) mass is 165 g/mol.